The van der Waals surface area contributed by atoms with Gasteiger partial charge in [0.15, 0.2) is 0 Å². The third-order valence-electron chi connectivity index (χ3n) is 4.00. The van der Waals surface area contributed by atoms with E-state index in [0.717, 1.165) is 43.0 Å². The van der Waals surface area contributed by atoms with Gasteiger partial charge >= 0.3 is 0 Å². The molecule has 0 amide bonds. The minimum atomic E-state index is -3.82. The zero-order valence-corrected chi connectivity index (χ0v) is 13.9. The molecule has 0 saturated heterocycles. The number of nitrogens with one attached hydrogen (secondary N) is 1. The van der Waals surface area contributed by atoms with Gasteiger partial charge in [-0.1, -0.05) is 6.07 Å². The van der Waals surface area contributed by atoms with Crippen molar-refractivity contribution in [3.05, 3.63) is 57.8 Å². The van der Waals surface area contributed by atoms with Gasteiger partial charge in [-0.15, -0.1) is 0 Å². The second-order valence-corrected chi connectivity index (χ2v) is 7.51. The summed E-state index contributed by atoms with van der Waals surface area (Å²) in [6.45, 7) is 0.130. The fourth-order valence-corrected chi connectivity index (χ4v) is 3.82. The molecule has 1 aliphatic rings. The van der Waals surface area contributed by atoms with E-state index in [2.05, 4.69) is 9.82 Å². The van der Waals surface area contributed by atoms with Crippen LogP contribution in [-0.2, 0) is 29.4 Å². The molecular formula is C16H18FN3O3S. The van der Waals surface area contributed by atoms with Gasteiger partial charge in [0.2, 0.25) is 10.0 Å². The largest absolute Gasteiger partial charge is 0.268 e. The normalized spacial score (nSPS) is 14.4. The molecule has 128 valence electrons. The highest BCUT2D eigenvalue weighted by Gasteiger charge is 2.16. The van der Waals surface area contributed by atoms with E-state index < -0.39 is 15.8 Å². The van der Waals surface area contributed by atoms with E-state index in [0.29, 0.717) is 0 Å². The van der Waals surface area contributed by atoms with Crippen molar-refractivity contribution in [2.75, 3.05) is 6.54 Å². The Kier molecular flexibility index (Phi) is 4.77. The Morgan fingerprint density at radius 2 is 2.00 bits per heavy atom. The summed E-state index contributed by atoms with van der Waals surface area (Å²) in [6.07, 6.45) is 3.81. The van der Waals surface area contributed by atoms with Crippen LogP contribution in [0.2, 0.25) is 0 Å². The molecular weight excluding hydrogens is 333 g/mol. The monoisotopic (exact) mass is 351 g/mol. The highest BCUT2D eigenvalue weighted by Crippen LogP contribution is 2.16. The van der Waals surface area contributed by atoms with Gasteiger partial charge in [0.1, 0.15) is 5.82 Å². The van der Waals surface area contributed by atoms with Gasteiger partial charge in [0.25, 0.3) is 5.56 Å². The molecule has 2 aromatic rings. The first-order valence-electron chi connectivity index (χ1n) is 7.81. The zero-order valence-electron chi connectivity index (χ0n) is 13.0. The molecule has 3 rings (SSSR count). The Hall–Kier alpha value is -2.06. The van der Waals surface area contributed by atoms with Crippen LogP contribution in [0.3, 0.4) is 0 Å². The first-order chi connectivity index (χ1) is 11.5. The molecule has 0 bridgehead atoms. The molecule has 0 aliphatic heterocycles. The van der Waals surface area contributed by atoms with E-state index in [1.54, 1.807) is 6.07 Å². The van der Waals surface area contributed by atoms with Crippen molar-refractivity contribution in [3.8, 4) is 0 Å². The molecule has 0 radical (unpaired) electrons. The van der Waals surface area contributed by atoms with Crippen LogP contribution in [-0.4, -0.2) is 24.7 Å². The maximum Gasteiger partial charge on any atom is 0.267 e. The average Bonchev–Trinajstić information content (AvgIpc) is 2.55. The molecule has 0 fully saturated rings. The zero-order chi connectivity index (χ0) is 17.2. The van der Waals surface area contributed by atoms with Crippen LogP contribution >= 0.6 is 0 Å². The van der Waals surface area contributed by atoms with E-state index in [-0.39, 0.29) is 23.5 Å². The first-order valence-corrected chi connectivity index (χ1v) is 9.29. The lowest BCUT2D eigenvalue weighted by Gasteiger charge is -2.16. The van der Waals surface area contributed by atoms with Gasteiger partial charge in [0, 0.05) is 12.6 Å². The van der Waals surface area contributed by atoms with Gasteiger partial charge < -0.3 is 0 Å². The lowest BCUT2D eigenvalue weighted by atomic mass is 9.97. The summed E-state index contributed by atoms with van der Waals surface area (Å²) in [4.78, 5) is 11.9. The fraction of sp³-hybridized carbons (Fsp3) is 0.375. The maximum atomic E-state index is 13.2. The molecule has 24 heavy (non-hydrogen) atoms. The van der Waals surface area contributed by atoms with Crippen LogP contribution in [0.4, 0.5) is 4.39 Å². The quantitative estimate of drug-likeness (QED) is 0.879. The van der Waals surface area contributed by atoms with E-state index in [4.69, 9.17) is 0 Å². The van der Waals surface area contributed by atoms with Crippen molar-refractivity contribution in [2.24, 2.45) is 0 Å². The van der Waals surface area contributed by atoms with Crippen molar-refractivity contribution in [1.29, 1.82) is 0 Å². The predicted molar refractivity (Wildman–Crippen MR) is 86.7 cm³/mol. The molecule has 1 heterocycles. The van der Waals surface area contributed by atoms with Crippen molar-refractivity contribution in [1.82, 2.24) is 14.5 Å². The minimum absolute atomic E-state index is 0.00450. The molecule has 0 spiro atoms. The topological polar surface area (TPSA) is 81.1 Å². The Morgan fingerprint density at radius 3 is 2.79 bits per heavy atom. The summed E-state index contributed by atoms with van der Waals surface area (Å²) in [5.74, 6) is -0.620. The third-order valence-corrected chi connectivity index (χ3v) is 5.45. The lowest BCUT2D eigenvalue weighted by molar-refractivity contribution is 0.526. The summed E-state index contributed by atoms with van der Waals surface area (Å²) in [6, 6.07) is 6.36. The number of nitrogens with zero attached hydrogens (tertiary/aromatic N) is 2. The number of aryl methyl sites for hydroxylation is 2. The standard InChI is InChI=1S/C16H18FN3O3S/c17-13-5-3-6-14(11-13)24(22,23)18-8-9-20-16(21)10-12-4-1-2-7-15(12)19-20/h3,5-6,10-11,18H,1-2,4,7-9H2. The summed E-state index contributed by atoms with van der Waals surface area (Å²) >= 11 is 0. The number of fused-ring (bicyclic) bond motifs is 1. The van der Waals surface area contributed by atoms with Gasteiger partial charge in [-0.2, -0.15) is 5.10 Å². The molecule has 1 N–H and O–H groups in total. The number of benzene rings is 1. The van der Waals surface area contributed by atoms with Crippen molar-refractivity contribution >= 4 is 10.0 Å². The van der Waals surface area contributed by atoms with Gasteiger partial charge in [-0.25, -0.2) is 22.2 Å². The van der Waals surface area contributed by atoms with Crippen LogP contribution in [0, 0.1) is 5.82 Å². The number of halogens is 1. The van der Waals surface area contributed by atoms with E-state index in [1.807, 2.05) is 0 Å². The molecule has 6 nitrogen and oxygen atoms in total. The molecule has 1 aliphatic carbocycles. The predicted octanol–water partition coefficient (Wildman–Crippen LogP) is 1.24. The molecule has 0 atom stereocenters. The van der Waals surface area contributed by atoms with E-state index in [1.165, 1.54) is 22.9 Å². The third kappa shape index (κ3) is 3.70. The number of hydrogen-bond acceptors (Lipinski definition) is 4. The number of sulfonamides is 1. The average molecular weight is 351 g/mol. The Labute approximate surface area is 139 Å². The van der Waals surface area contributed by atoms with Crippen LogP contribution in [0.5, 0.6) is 0 Å². The lowest BCUT2D eigenvalue weighted by Crippen LogP contribution is -2.33. The Morgan fingerprint density at radius 1 is 1.21 bits per heavy atom. The molecule has 1 aromatic carbocycles. The molecule has 1 aromatic heterocycles. The van der Waals surface area contributed by atoms with Crippen LogP contribution in [0.1, 0.15) is 24.1 Å². The van der Waals surface area contributed by atoms with E-state index >= 15 is 0 Å². The van der Waals surface area contributed by atoms with Crippen molar-refractivity contribution in [2.45, 2.75) is 37.1 Å². The second kappa shape index (κ2) is 6.82. The van der Waals surface area contributed by atoms with Crippen molar-refractivity contribution in [3.63, 3.8) is 0 Å². The molecule has 0 unspecified atom stereocenters. The highest BCUT2D eigenvalue weighted by atomic mass is 32.2. The summed E-state index contributed by atoms with van der Waals surface area (Å²) in [5.41, 5.74) is 1.66. The number of rotatable bonds is 5. The summed E-state index contributed by atoms with van der Waals surface area (Å²) in [5, 5.41) is 4.33. The van der Waals surface area contributed by atoms with Crippen LogP contribution < -0.4 is 10.3 Å². The summed E-state index contributed by atoms with van der Waals surface area (Å²) in [7, 11) is -3.82. The SMILES string of the molecule is O=c1cc2c(nn1CCNS(=O)(=O)c1cccc(F)c1)CCCC2. The maximum absolute atomic E-state index is 13.2. The van der Waals surface area contributed by atoms with Crippen LogP contribution in [0.15, 0.2) is 40.0 Å². The van der Waals surface area contributed by atoms with E-state index in [9.17, 15) is 17.6 Å². The second-order valence-electron chi connectivity index (χ2n) is 5.74. The first kappa shape index (κ1) is 16.8. The molecule has 0 saturated carbocycles. The highest BCUT2D eigenvalue weighted by molar-refractivity contribution is 7.89. The Bertz CT molecular complexity index is 909. The number of hydrogen-bond donors (Lipinski definition) is 1. The van der Waals surface area contributed by atoms with Crippen molar-refractivity contribution < 1.29 is 12.8 Å². The number of aromatic nitrogens is 2. The fourth-order valence-electron chi connectivity index (χ4n) is 2.76. The Balaban J connectivity index is 1.69. The van der Waals surface area contributed by atoms with Gasteiger partial charge in [-0.3, -0.25) is 4.79 Å². The van der Waals surface area contributed by atoms with Gasteiger partial charge in [0.05, 0.1) is 17.1 Å². The van der Waals surface area contributed by atoms with Crippen LogP contribution in [0.25, 0.3) is 0 Å². The minimum Gasteiger partial charge on any atom is -0.268 e. The van der Waals surface area contributed by atoms with Gasteiger partial charge in [-0.05, 0) is 49.4 Å². The smallest absolute Gasteiger partial charge is 0.267 e. The summed E-state index contributed by atoms with van der Waals surface area (Å²) < 4.78 is 41.0. The molecule has 8 heteroatoms.